The molecule has 0 aliphatic heterocycles. The second kappa shape index (κ2) is 10.4. The van der Waals surface area contributed by atoms with Crippen molar-refractivity contribution in [2.75, 3.05) is 0 Å². The zero-order chi connectivity index (χ0) is 32.9. The van der Waals surface area contributed by atoms with Gasteiger partial charge in [0.05, 0.1) is 32.3 Å². The van der Waals surface area contributed by atoms with Crippen molar-refractivity contribution in [2.45, 2.75) is 26.2 Å². The van der Waals surface area contributed by atoms with E-state index in [4.69, 9.17) is 9.97 Å². The number of pyridine rings is 1. The predicted octanol–water partition coefficient (Wildman–Crippen LogP) is 12.0. The Kier molecular flexibility index (Phi) is 5.97. The number of aromatic nitrogens is 4. The van der Waals surface area contributed by atoms with Gasteiger partial charge in [0.2, 0.25) is 0 Å². The molecule has 0 unspecified atom stereocenters. The summed E-state index contributed by atoms with van der Waals surface area (Å²) in [6.45, 7) is 6.78. The number of thiazole rings is 1. The average molecular weight is 649 g/mol. The second-order valence-electron chi connectivity index (χ2n) is 14.0. The van der Waals surface area contributed by atoms with E-state index >= 15 is 0 Å². The van der Waals surface area contributed by atoms with Crippen molar-refractivity contribution in [3.63, 3.8) is 0 Å². The Morgan fingerprint density at radius 1 is 0.551 bits per heavy atom. The van der Waals surface area contributed by atoms with Crippen LogP contribution in [0.15, 0.2) is 140 Å². The maximum atomic E-state index is 5.00. The van der Waals surface area contributed by atoms with E-state index < -0.39 is 0 Å². The van der Waals surface area contributed by atoms with Gasteiger partial charge in [-0.05, 0) is 82.4 Å². The highest BCUT2D eigenvalue weighted by atomic mass is 32.1. The summed E-state index contributed by atoms with van der Waals surface area (Å²) in [6, 6.07) is 48.5. The van der Waals surface area contributed by atoms with Gasteiger partial charge in [-0.3, -0.25) is 4.57 Å². The summed E-state index contributed by atoms with van der Waals surface area (Å²) >= 11 is 1.74. The van der Waals surface area contributed by atoms with Gasteiger partial charge < -0.3 is 4.57 Å². The molecular formula is C44H32N4S. The third-order valence-corrected chi connectivity index (χ3v) is 11.0. The van der Waals surface area contributed by atoms with E-state index in [1.807, 2.05) is 6.20 Å². The molecule has 234 valence electrons. The van der Waals surface area contributed by atoms with Crippen LogP contribution in [0.3, 0.4) is 0 Å². The molecule has 0 atom stereocenters. The Bertz CT molecular complexity index is 2900. The molecule has 0 bridgehead atoms. The third kappa shape index (κ3) is 4.36. The fourth-order valence-electron chi connectivity index (χ4n) is 7.46. The molecule has 0 fully saturated rings. The van der Waals surface area contributed by atoms with Gasteiger partial charge in [0, 0.05) is 39.0 Å². The Morgan fingerprint density at radius 2 is 1.24 bits per heavy atom. The Morgan fingerprint density at radius 3 is 2.10 bits per heavy atom. The van der Waals surface area contributed by atoms with Gasteiger partial charge in [-0.15, -0.1) is 11.3 Å². The SMILES string of the molecule is CC(C)(C)c1ccnc(-n2c3cc(-n4c5ccccc5c5ccc(-c6nc7ccccc7s6)cc54)ccc3c3cc4ccccc4cc32)c1. The van der Waals surface area contributed by atoms with Crippen molar-refractivity contribution in [1.29, 1.82) is 0 Å². The third-order valence-electron chi connectivity index (χ3n) is 9.93. The van der Waals surface area contributed by atoms with Crippen molar-refractivity contribution >= 4 is 75.9 Å². The number of nitrogens with zero attached hydrogens (tertiary/aromatic N) is 4. The monoisotopic (exact) mass is 648 g/mol. The minimum absolute atomic E-state index is 0.00173. The van der Waals surface area contributed by atoms with Gasteiger partial charge in [0.1, 0.15) is 10.8 Å². The van der Waals surface area contributed by atoms with Crippen molar-refractivity contribution in [3.8, 4) is 22.1 Å². The highest BCUT2D eigenvalue weighted by molar-refractivity contribution is 7.21. The van der Waals surface area contributed by atoms with Crippen LogP contribution in [0.1, 0.15) is 26.3 Å². The molecule has 0 aliphatic carbocycles. The summed E-state index contributed by atoms with van der Waals surface area (Å²) < 4.78 is 5.97. The van der Waals surface area contributed by atoms with E-state index in [1.165, 1.54) is 53.6 Å². The Labute approximate surface area is 287 Å². The zero-order valence-electron chi connectivity index (χ0n) is 27.5. The number of fused-ring (bicyclic) bond motifs is 8. The van der Waals surface area contributed by atoms with Crippen LogP contribution in [0.5, 0.6) is 0 Å². The van der Waals surface area contributed by atoms with E-state index in [0.717, 1.165) is 38.6 Å². The fourth-order valence-corrected chi connectivity index (χ4v) is 8.42. The highest BCUT2D eigenvalue weighted by Crippen LogP contribution is 2.40. The molecule has 4 aromatic heterocycles. The maximum absolute atomic E-state index is 5.00. The van der Waals surface area contributed by atoms with Gasteiger partial charge >= 0.3 is 0 Å². The van der Waals surface area contributed by atoms with Crippen LogP contribution in [0.25, 0.3) is 86.7 Å². The lowest BCUT2D eigenvalue weighted by Gasteiger charge is -2.20. The van der Waals surface area contributed by atoms with Gasteiger partial charge in [-0.25, -0.2) is 9.97 Å². The van der Waals surface area contributed by atoms with Crippen molar-refractivity contribution in [3.05, 3.63) is 145 Å². The van der Waals surface area contributed by atoms with Crippen molar-refractivity contribution in [2.24, 2.45) is 0 Å². The van der Waals surface area contributed by atoms with Gasteiger partial charge in [-0.2, -0.15) is 0 Å². The molecule has 0 amide bonds. The first-order valence-electron chi connectivity index (χ1n) is 16.7. The molecule has 10 aromatic rings. The average Bonchev–Trinajstić information content (AvgIpc) is 3.80. The summed E-state index contributed by atoms with van der Waals surface area (Å²) in [7, 11) is 0. The van der Waals surface area contributed by atoms with Gasteiger partial charge in [0.15, 0.2) is 0 Å². The molecule has 0 spiro atoms. The molecule has 0 aliphatic rings. The summed E-state index contributed by atoms with van der Waals surface area (Å²) in [5.41, 5.74) is 9.17. The summed E-state index contributed by atoms with van der Waals surface area (Å²) in [6.07, 6.45) is 1.95. The van der Waals surface area contributed by atoms with Crippen LogP contribution >= 0.6 is 11.3 Å². The zero-order valence-corrected chi connectivity index (χ0v) is 28.3. The van der Waals surface area contributed by atoms with E-state index in [0.29, 0.717) is 0 Å². The van der Waals surface area contributed by atoms with Crippen LogP contribution < -0.4 is 0 Å². The first-order valence-corrected chi connectivity index (χ1v) is 17.6. The number of rotatable bonds is 3. The smallest absolute Gasteiger partial charge is 0.137 e. The molecule has 4 heterocycles. The first kappa shape index (κ1) is 28.3. The Hall–Kier alpha value is -5.78. The largest absolute Gasteiger partial charge is 0.309 e. The van der Waals surface area contributed by atoms with E-state index in [2.05, 4.69) is 163 Å². The number of hydrogen-bond donors (Lipinski definition) is 0. The molecule has 0 saturated heterocycles. The van der Waals surface area contributed by atoms with Crippen LogP contribution in [0, 0.1) is 0 Å². The topological polar surface area (TPSA) is 35.6 Å². The minimum atomic E-state index is -0.00173. The lowest BCUT2D eigenvalue weighted by molar-refractivity contribution is 0.588. The van der Waals surface area contributed by atoms with E-state index in [9.17, 15) is 0 Å². The molecule has 10 rings (SSSR count). The van der Waals surface area contributed by atoms with E-state index in [1.54, 1.807) is 11.3 Å². The van der Waals surface area contributed by atoms with E-state index in [-0.39, 0.29) is 5.41 Å². The quantitative estimate of drug-likeness (QED) is 0.191. The molecule has 6 aromatic carbocycles. The highest BCUT2D eigenvalue weighted by Gasteiger charge is 2.20. The summed E-state index contributed by atoms with van der Waals surface area (Å²) in [5.74, 6) is 0.931. The standard InChI is InChI=1S/C44H32N4S/c1-44(2,3)30-20-21-45-42(25-30)48-39-23-28-11-5-4-10-27(28)22-35(39)34-19-17-31(26-40(34)48)47-37-14-8-6-12-32(37)33-18-16-29(24-38(33)47)43-46-36-13-7-9-15-41(36)49-43/h4-26H,1-3H3. The van der Waals surface area contributed by atoms with Crippen LogP contribution in [-0.4, -0.2) is 19.1 Å². The predicted molar refractivity (Wildman–Crippen MR) is 208 cm³/mol. The molecule has 5 heteroatoms. The number of para-hydroxylation sites is 2. The van der Waals surface area contributed by atoms with Crippen LogP contribution in [0.4, 0.5) is 0 Å². The molecular weight excluding hydrogens is 617 g/mol. The summed E-state index contributed by atoms with van der Waals surface area (Å²) in [5, 5.41) is 8.39. The molecule has 0 N–H and O–H groups in total. The van der Waals surface area contributed by atoms with Crippen LogP contribution in [-0.2, 0) is 5.41 Å². The maximum Gasteiger partial charge on any atom is 0.137 e. The second-order valence-corrected chi connectivity index (χ2v) is 15.0. The number of hydrogen-bond acceptors (Lipinski definition) is 3. The first-order chi connectivity index (χ1) is 23.9. The van der Waals surface area contributed by atoms with Gasteiger partial charge in [-0.1, -0.05) is 93.6 Å². The fraction of sp³-hybridized carbons (Fsp3) is 0.0909. The molecule has 49 heavy (non-hydrogen) atoms. The van der Waals surface area contributed by atoms with Crippen molar-refractivity contribution < 1.29 is 0 Å². The Balaban J connectivity index is 1.27. The van der Waals surface area contributed by atoms with Crippen LogP contribution in [0.2, 0.25) is 0 Å². The normalized spacial score (nSPS) is 12.4. The minimum Gasteiger partial charge on any atom is -0.309 e. The lowest BCUT2D eigenvalue weighted by Crippen LogP contribution is -2.12. The van der Waals surface area contributed by atoms with Gasteiger partial charge in [0.25, 0.3) is 0 Å². The summed E-state index contributed by atoms with van der Waals surface area (Å²) in [4.78, 5) is 9.98. The molecule has 4 nitrogen and oxygen atoms in total. The molecule has 0 saturated carbocycles. The number of benzene rings is 6. The lowest BCUT2D eigenvalue weighted by atomic mass is 9.88. The molecule has 0 radical (unpaired) electrons. The van der Waals surface area contributed by atoms with Crippen molar-refractivity contribution in [1.82, 2.24) is 19.1 Å².